The van der Waals surface area contributed by atoms with Crippen LogP contribution in [-0.4, -0.2) is 80.0 Å². The molecule has 220 valence electrons. The number of rotatable bonds is 9. The van der Waals surface area contributed by atoms with E-state index in [9.17, 15) is 18.4 Å². The van der Waals surface area contributed by atoms with Crippen molar-refractivity contribution in [1.29, 1.82) is 5.41 Å². The lowest BCUT2D eigenvalue weighted by Crippen LogP contribution is -2.48. The van der Waals surface area contributed by atoms with Crippen LogP contribution in [0.1, 0.15) is 35.4 Å². The Morgan fingerprint density at radius 3 is 2.50 bits per heavy atom. The number of nitrogens with zero attached hydrogens (tertiary/aromatic N) is 6. The number of halogens is 3. The van der Waals surface area contributed by atoms with Gasteiger partial charge >= 0.3 is 12.6 Å². The molecule has 1 atom stereocenters. The first-order valence-corrected chi connectivity index (χ1v) is 13.1. The minimum atomic E-state index is -2.78. The first-order chi connectivity index (χ1) is 20.1. The molecule has 4 rings (SSSR count). The Hall–Kier alpha value is -4.85. The van der Waals surface area contributed by atoms with Crippen LogP contribution in [0.5, 0.6) is 0 Å². The van der Waals surface area contributed by atoms with Crippen molar-refractivity contribution < 1.29 is 23.1 Å². The second-order valence-electron chi connectivity index (χ2n) is 9.18. The van der Waals surface area contributed by atoms with E-state index in [1.54, 1.807) is 37.3 Å². The van der Waals surface area contributed by atoms with E-state index in [1.807, 2.05) is 0 Å². The second-order valence-corrected chi connectivity index (χ2v) is 9.59. The summed E-state index contributed by atoms with van der Waals surface area (Å²) in [7, 11) is 3.05. The number of benzene rings is 2. The second kappa shape index (κ2) is 13.2. The lowest BCUT2D eigenvalue weighted by Gasteiger charge is -2.32. The predicted molar refractivity (Wildman–Crippen MR) is 151 cm³/mol. The van der Waals surface area contributed by atoms with Crippen LogP contribution in [0, 0.1) is 5.41 Å². The first kappa shape index (κ1) is 30.1. The number of ether oxygens (including phenoxy) is 1. The van der Waals surface area contributed by atoms with Crippen molar-refractivity contribution in [2.75, 3.05) is 27.2 Å². The zero-order chi connectivity index (χ0) is 30.4. The lowest BCUT2D eigenvalue weighted by atomic mass is 10.0. The molecule has 12 nitrogen and oxygen atoms in total. The molecular weight excluding hydrogens is 572 g/mol. The molecule has 0 fully saturated rings. The standard InChI is InChI=1S/C27H28ClF2N9O3/c1-4-32-26(31)39(24(40)17-7-5-16(6-8-17)19-12-35-38(13-19)25(29)30)22(14-42-27(41)37(2)3)18-9-10-21(28)20(11-18)23-33-15-34-36-23/h5-13,15,22,25H,4,14H2,1-3H3,(H2,31,32)(H,33,34,36)/t22-/m1/s1. The fourth-order valence-electron chi connectivity index (χ4n) is 4.06. The maximum atomic E-state index is 14.0. The van der Waals surface area contributed by atoms with Crippen LogP contribution in [-0.2, 0) is 4.74 Å². The number of hydrogen-bond acceptors (Lipinski definition) is 7. The Balaban J connectivity index is 1.74. The summed E-state index contributed by atoms with van der Waals surface area (Å²) in [5.41, 5.74) is 2.21. The summed E-state index contributed by atoms with van der Waals surface area (Å²) in [6.45, 7) is -0.958. The molecule has 0 aliphatic rings. The fraction of sp³-hybridized carbons (Fsp3) is 0.259. The van der Waals surface area contributed by atoms with Crippen LogP contribution in [0.4, 0.5) is 13.6 Å². The van der Waals surface area contributed by atoms with Crippen LogP contribution in [0.3, 0.4) is 0 Å². The summed E-state index contributed by atoms with van der Waals surface area (Å²) in [6, 6.07) is 10.2. The molecule has 0 aliphatic carbocycles. The number of carbonyl (C=O) groups excluding carboxylic acids is 2. The number of alkyl halides is 2. The van der Waals surface area contributed by atoms with E-state index in [0.717, 1.165) is 0 Å². The SMILES string of the molecule is CCNC(=N)N(C(=O)c1ccc(-c2cnn(C(F)F)c2)cc1)[C@H](COC(=O)N(C)C)c1ccc(Cl)c(-c2ncn[nH]2)c1. The number of nitrogens with one attached hydrogen (secondary N) is 3. The van der Waals surface area contributed by atoms with Gasteiger partial charge in [-0.15, -0.1) is 0 Å². The van der Waals surface area contributed by atoms with Gasteiger partial charge in [0.15, 0.2) is 11.8 Å². The number of amides is 2. The number of carbonyl (C=O) groups is 2. The van der Waals surface area contributed by atoms with Gasteiger partial charge < -0.3 is 15.0 Å². The van der Waals surface area contributed by atoms with Crippen molar-refractivity contribution in [3.05, 3.63) is 77.3 Å². The summed E-state index contributed by atoms with van der Waals surface area (Å²) >= 11 is 6.43. The van der Waals surface area contributed by atoms with E-state index in [1.165, 1.54) is 54.7 Å². The van der Waals surface area contributed by atoms with Gasteiger partial charge in [0.05, 0.1) is 17.3 Å². The van der Waals surface area contributed by atoms with E-state index < -0.39 is 24.6 Å². The number of hydrogen-bond donors (Lipinski definition) is 3. The van der Waals surface area contributed by atoms with Crippen LogP contribution in [0.2, 0.25) is 5.02 Å². The summed E-state index contributed by atoms with van der Waals surface area (Å²) < 4.78 is 32.0. The van der Waals surface area contributed by atoms with Crippen LogP contribution < -0.4 is 5.32 Å². The molecular formula is C27H28ClF2N9O3. The normalized spacial score (nSPS) is 11.7. The molecule has 2 heterocycles. The van der Waals surface area contributed by atoms with Crippen molar-refractivity contribution in [2.45, 2.75) is 19.5 Å². The number of aromatic amines is 1. The average Bonchev–Trinajstić information content (AvgIpc) is 3.69. The van der Waals surface area contributed by atoms with E-state index in [0.29, 0.717) is 44.3 Å². The molecule has 3 N–H and O–H groups in total. The highest BCUT2D eigenvalue weighted by atomic mass is 35.5. The van der Waals surface area contributed by atoms with Gasteiger partial charge in [-0.1, -0.05) is 29.8 Å². The third-order valence-electron chi connectivity index (χ3n) is 6.16. The van der Waals surface area contributed by atoms with Crippen molar-refractivity contribution in [3.8, 4) is 22.5 Å². The van der Waals surface area contributed by atoms with Crippen LogP contribution in [0.15, 0.2) is 61.2 Å². The molecule has 4 aromatic rings. The highest BCUT2D eigenvalue weighted by Crippen LogP contribution is 2.32. The number of H-pyrrole nitrogens is 1. The molecule has 0 bridgehead atoms. The molecule has 2 aromatic carbocycles. The smallest absolute Gasteiger partial charge is 0.409 e. The topological polar surface area (TPSA) is 145 Å². The zero-order valence-electron chi connectivity index (χ0n) is 22.9. The van der Waals surface area contributed by atoms with Gasteiger partial charge in [0.1, 0.15) is 12.9 Å². The molecule has 0 aliphatic heterocycles. The number of guanidine groups is 1. The highest BCUT2D eigenvalue weighted by Gasteiger charge is 2.32. The van der Waals surface area contributed by atoms with E-state index >= 15 is 0 Å². The molecule has 15 heteroatoms. The van der Waals surface area contributed by atoms with Gasteiger partial charge in [-0.3, -0.25) is 20.2 Å². The monoisotopic (exact) mass is 599 g/mol. The Labute approximate surface area is 244 Å². The third kappa shape index (κ3) is 6.71. The van der Waals surface area contributed by atoms with E-state index in [4.69, 9.17) is 21.7 Å². The largest absolute Gasteiger partial charge is 0.447 e. The minimum absolute atomic E-state index is 0.205. The van der Waals surface area contributed by atoms with Gasteiger partial charge in [-0.05, 0) is 42.3 Å². The molecule has 0 saturated carbocycles. The minimum Gasteiger partial charge on any atom is -0.447 e. The molecule has 0 spiro atoms. The maximum absolute atomic E-state index is 14.0. The molecule has 42 heavy (non-hydrogen) atoms. The molecule has 0 unspecified atom stereocenters. The Kier molecular flexibility index (Phi) is 9.47. The van der Waals surface area contributed by atoms with Gasteiger partial charge in [0.25, 0.3) is 5.91 Å². The van der Waals surface area contributed by atoms with Gasteiger partial charge in [0, 0.05) is 43.5 Å². The Morgan fingerprint density at radius 2 is 1.90 bits per heavy atom. The fourth-order valence-corrected chi connectivity index (χ4v) is 4.26. The van der Waals surface area contributed by atoms with Gasteiger partial charge in [0.2, 0.25) is 0 Å². The summed E-state index contributed by atoms with van der Waals surface area (Å²) in [6.07, 6.45) is 3.20. The van der Waals surface area contributed by atoms with Crippen LogP contribution in [0.25, 0.3) is 22.5 Å². The summed E-state index contributed by atoms with van der Waals surface area (Å²) in [5.74, 6) is -0.416. The number of aromatic nitrogens is 5. The van der Waals surface area contributed by atoms with E-state index in [-0.39, 0.29) is 18.1 Å². The summed E-state index contributed by atoms with van der Waals surface area (Å²) in [4.78, 5) is 33.0. The highest BCUT2D eigenvalue weighted by molar-refractivity contribution is 6.33. The molecule has 2 aromatic heterocycles. The summed E-state index contributed by atoms with van der Waals surface area (Å²) in [5, 5.41) is 22.2. The Bertz CT molecular complexity index is 1540. The van der Waals surface area contributed by atoms with Crippen molar-refractivity contribution in [2.24, 2.45) is 0 Å². The van der Waals surface area contributed by atoms with Crippen molar-refractivity contribution in [3.63, 3.8) is 0 Å². The van der Waals surface area contributed by atoms with Crippen molar-refractivity contribution >= 4 is 29.6 Å². The predicted octanol–water partition coefficient (Wildman–Crippen LogP) is 4.81. The average molecular weight is 600 g/mol. The molecule has 0 radical (unpaired) electrons. The quantitative estimate of drug-likeness (QED) is 0.185. The molecule has 2 amide bonds. The van der Waals surface area contributed by atoms with Crippen molar-refractivity contribution in [1.82, 2.24) is 40.1 Å². The van der Waals surface area contributed by atoms with Gasteiger partial charge in [-0.2, -0.15) is 19.0 Å². The zero-order valence-corrected chi connectivity index (χ0v) is 23.6. The van der Waals surface area contributed by atoms with Gasteiger partial charge in [-0.25, -0.2) is 14.5 Å². The molecule has 0 saturated heterocycles. The lowest BCUT2D eigenvalue weighted by molar-refractivity contribution is 0.0566. The first-order valence-electron chi connectivity index (χ1n) is 12.7. The third-order valence-corrected chi connectivity index (χ3v) is 6.49. The van der Waals surface area contributed by atoms with E-state index in [2.05, 4.69) is 25.6 Å². The van der Waals surface area contributed by atoms with Crippen LogP contribution >= 0.6 is 11.6 Å². The maximum Gasteiger partial charge on any atom is 0.409 e. The Morgan fingerprint density at radius 1 is 1.17 bits per heavy atom.